The van der Waals surface area contributed by atoms with Crippen LogP contribution >= 0.6 is 0 Å². The Hall–Kier alpha value is -2.04. The summed E-state index contributed by atoms with van der Waals surface area (Å²) in [5.74, 6) is -0.233. The van der Waals surface area contributed by atoms with Crippen LogP contribution in [0.4, 0.5) is 13.2 Å². The van der Waals surface area contributed by atoms with E-state index in [2.05, 4.69) is 9.72 Å². The summed E-state index contributed by atoms with van der Waals surface area (Å²) in [6, 6.07) is 11.3. The van der Waals surface area contributed by atoms with Crippen LogP contribution in [0.5, 0.6) is 5.75 Å². The summed E-state index contributed by atoms with van der Waals surface area (Å²) in [7, 11) is 0. The lowest BCUT2D eigenvalue weighted by atomic mass is 10.1. The van der Waals surface area contributed by atoms with Gasteiger partial charge in [0.2, 0.25) is 0 Å². The molecule has 0 radical (unpaired) electrons. The number of hydrogen-bond donors (Lipinski definition) is 0. The van der Waals surface area contributed by atoms with Crippen LogP contribution in [0.3, 0.4) is 0 Å². The van der Waals surface area contributed by atoms with Gasteiger partial charge >= 0.3 is 6.36 Å². The van der Waals surface area contributed by atoms with Crippen LogP contribution in [0.25, 0.3) is 11.3 Å². The van der Waals surface area contributed by atoms with Crippen molar-refractivity contribution in [2.45, 2.75) is 19.7 Å². The largest absolute Gasteiger partial charge is 0.573 e. The van der Waals surface area contributed by atoms with Gasteiger partial charge in [-0.15, -0.1) is 13.2 Å². The number of hydrogen-bond acceptors (Lipinski definition) is 2. The maximum atomic E-state index is 12.0. The number of halogens is 3. The lowest BCUT2D eigenvalue weighted by Gasteiger charge is -2.09. The molecule has 0 aliphatic carbocycles. The van der Waals surface area contributed by atoms with E-state index < -0.39 is 6.36 Å². The summed E-state index contributed by atoms with van der Waals surface area (Å²) >= 11 is 0. The maximum Gasteiger partial charge on any atom is 0.573 e. The molecule has 0 aliphatic rings. The minimum atomic E-state index is -4.66. The Morgan fingerprint density at radius 3 is 2.32 bits per heavy atom. The van der Waals surface area contributed by atoms with E-state index >= 15 is 0 Å². The average Bonchev–Trinajstić information content (AvgIpc) is 2.38. The molecule has 0 bridgehead atoms. The van der Waals surface area contributed by atoms with Gasteiger partial charge in [0.05, 0.1) is 5.69 Å². The summed E-state index contributed by atoms with van der Waals surface area (Å²) in [5, 5.41) is 0. The number of pyridine rings is 1. The van der Waals surface area contributed by atoms with Crippen LogP contribution in [-0.4, -0.2) is 11.3 Å². The minimum Gasteiger partial charge on any atom is -0.406 e. The SMILES string of the molecule is CCc1cccc(-c2ccc(OC(F)(F)F)cc2)n1. The van der Waals surface area contributed by atoms with Gasteiger partial charge in [0.1, 0.15) is 5.75 Å². The van der Waals surface area contributed by atoms with Crippen LogP contribution in [0.15, 0.2) is 42.5 Å². The Kier molecular flexibility index (Phi) is 3.74. The van der Waals surface area contributed by atoms with Gasteiger partial charge in [-0.25, -0.2) is 0 Å². The van der Waals surface area contributed by atoms with Crippen molar-refractivity contribution in [2.24, 2.45) is 0 Å². The Morgan fingerprint density at radius 1 is 1.05 bits per heavy atom. The molecule has 0 saturated carbocycles. The highest BCUT2D eigenvalue weighted by molar-refractivity contribution is 5.60. The third-order valence-corrected chi connectivity index (χ3v) is 2.55. The molecule has 2 nitrogen and oxygen atoms in total. The maximum absolute atomic E-state index is 12.0. The van der Waals surface area contributed by atoms with Crippen LogP contribution in [0.1, 0.15) is 12.6 Å². The van der Waals surface area contributed by atoms with Crippen molar-refractivity contribution in [1.82, 2.24) is 4.98 Å². The van der Waals surface area contributed by atoms with Crippen molar-refractivity contribution >= 4 is 0 Å². The molecule has 0 atom stereocenters. The molecule has 5 heteroatoms. The zero-order chi connectivity index (χ0) is 13.9. The van der Waals surface area contributed by atoms with E-state index in [1.807, 2.05) is 25.1 Å². The minimum absolute atomic E-state index is 0.233. The molecule has 0 fully saturated rings. The second kappa shape index (κ2) is 5.30. The molecule has 0 aliphatic heterocycles. The number of rotatable bonds is 3. The Morgan fingerprint density at radius 2 is 1.74 bits per heavy atom. The summed E-state index contributed by atoms with van der Waals surface area (Å²) in [6.07, 6.45) is -3.86. The molecule has 1 aromatic heterocycles. The number of aromatic nitrogens is 1. The van der Waals surface area contributed by atoms with Crippen molar-refractivity contribution < 1.29 is 17.9 Å². The molecule has 0 amide bonds. The monoisotopic (exact) mass is 267 g/mol. The molecular formula is C14H12F3NO. The third kappa shape index (κ3) is 3.71. The zero-order valence-corrected chi connectivity index (χ0v) is 10.2. The second-order valence-electron chi connectivity index (χ2n) is 3.94. The van der Waals surface area contributed by atoms with E-state index in [9.17, 15) is 13.2 Å². The van der Waals surface area contributed by atoms with E-state index in [0.717, 1.165) is 23.4 Å². The number of aryl methyl sites for hydroxylation is 1. The zero-order valence-electron chi connectivity index (χ0n) is 10.2. The van der Waals surface area contributed by atoms with Crippen LogP contribution in [-0.2, 0) is 6.42 Å². The first-order valence-corrected chi connectivity index (χ1v) is 5.80. The Labute approximate surface area is 108 Å². The predicted molar refractivity (Wildman–Crippen MR) is 65.7 cm³/mol. The number of benzene rings is 1. The van der Waals surface area contributed by atoms with Gasteiger partial charge in [-0.1, -0.05) is 13.0 Å². The quantitative estimate of drug-likeness (QED) is 0.831. The van der Waals surface area contributed by atoms with Gasteiger partial charge in [0.15, 0.2) is 0 Å². The summed E-state index contributed by atoms with van der Waals surface area (Å²) in [4.78, 5) is 4.40. The molecule has 2 rings (SSSR count). The molecule has 0 N–H and O–H groups in total. The molecule has 19 heavy (non-hydrogen) atoms. The molecular weight excluding hydrogens is 255 g/mol. The van der Waals surface area contributed by atoms with Gasteiger partial charge in [0, 0.05) is 11.3 Å². The fraction of sp³-hybridized carbons (Fsp3) is 0.214. The standard InChI is InChI=1S/C14H12F3NO/c1-2-11-4-3-5-13(18-11)10-6-8-12(9-7-10)19-14(15,16)17/h3-9H,2H2,1H3. The van der Waals surface area contributed by atoms with E-state index in [4.69, 9.17) is 0 Å². The highest BCUT2D eigenvalue weighted by atomic mass is 19.4. The van der Waals surface area contributed by atoms with E-state index in [0.29, 0.717) is 0 Å². The predicted octanol–water partition coefficient (Wildman–Crippen LogP) is 4.21. The number of nitrogens with zero attached hydrogens (tertiary/aromatic N) is 1. The Bertz CT molecular complexity index is 549. The van der Waals surface area contributed by atoms with E-state index in [1.54, 1.807) is 12.1 Å². The second-order valence-corrected chi connectivity index (χ2v) is 3.94. The van der Waals surface area contributed by atoms with Crippen molar-refractivity contribution in [3.8, 4) is 17.0 Å². The fourth-order valence-corrected chi connectivity index (χ4v) is 1.66. The van der Waals surface area contributed by atoms with Gasteiger partial charge < -0.3 is 4.74 Å². The first-order chi connectivity index (χ1) is 8.98. The van der Waals surface area contributed by atoms with E-state index in [1.165, 1.54) is 12.1 Å². The normalized spacial score (nSPS) is 11.4. The topological polar surface area (TPSA) is 22.1 Å². The highest BCUT2D eigenvalue weighted by Crippen LogP contribution is 2.25. The smallest absolute Gasteiger partial charge is 0.406 e. The van der Waals surface area contributed by atoms with Crippen LogP contribution in [0.2, 0.25) is 0 Å². The van der Waals surface area contributed by atoms with Crippen molar-refractivity contribution in [3.63, 3.8) is 0 Å². The molecule has 1 aromatic carbocycles. The molecule has 0 spiro atoms. The van der Waals surface area contributed by atoms with Crippen molar-refractivity contribution in [2.75, 3.05) is 0 Å². The van der Waals surface area contributed by atoms with Crippen molar-refractivity contribution in [1.29, 1.82) is 0 Å². The molecule has 100 valence electrons. The van der Waals surface area contributed by atoms with Gasteiger partial charge in [-0.05, 0) is 42.8 Å². The first kappa shape index (κ1) is 13.4. The average molecular weight is 267 g/mol. The lowest BCUT2D eigenvalue weighted by Crippen LogP contribution is -2.16. The summed E-state index contributed by atoms with van der Waals surface area (Å²) in [6.45, 7) is 1.99. The molecule has 1 heterocycles. The molecule has 0 saturated heterocycles. The third-order valence-electron chi connectivity index (χ3n) is 2.55. The van der Waals surface area contributed by atoms with E-state index in [-0.39, 0.29) is 5.75 Å². The molecule has 0 unspecified atom stereocenters. The first-order valence-electron chi connectivity index (χ1n) is 5.80. The van der Waals surface area contributed by atoms with Crippen LogP contribution in [0, 0.1) is 0 Å². The molecule has 2 aromatic rings. The highest BCUT2D eigenvalue weighted by Gasteiger charge is 2.30. The summed E-state index contributed by atoms with van der Waals surface area (Å²) < 4.78 is 39.9. The van der Waals surface area contributed by atoms with Gasteiger partial charge in [-0.3, -0.25) is 4.98 Å². The van der Waals surface area contributed by atoms with Crippen LogP contribution < -0.4 is 4.74 Å². The van der Waals surface area contributed by atoms with Crippen molar-refractivity contribution in [3.05, 3.63) is 48.2 Å². The summed E-state index contributed by atoms with van der Waals surface area (Å²) in [5.41, 5.74) is 2.43. The Balaban J connectivity index is 2.22. The number of ether oxygens (including phenoxy) is 1. The number of alkyl halides is 3. The fourth-order valence-electron chi connectivity index (χ4n) is 1.66. The van der Waals surface area contributed by atoms with Gasteiger partial charge in [-0.2, -0.15) is 0 Å². The lowest BCUT2D eigenvalue weighted by molar-refractivity contribution is -0.274. The van der Waals surface area contributed by atoms with Gasteiger partial charge in [0.25, 0.3) is 0 Å².